The van der Waals surface area contributed by atoms with Crippen molar-refractivity contribution in [2.75, 3.05) is 6.61 Å². The summed E-state index contributed by atoms with van der Waals surface area (Å²) in [5, 5.41) is 2.53. The minimum Gasteiger partial charge on any atom is -0.407 e. The highest BCUT2D eigenvalue weighted by molar-refractivity contribution is 6.99. The minimum absolute atomic E-state index is 0.0289. The molecule has 0 bridgehead atoms. The molecule has 138 valence electrons. The highest BCUT2D eigenvalue weighted by Gasteiger charge is 2.50. The summed E-state index contributed by atoms with van der Waals surface area (Å²) >= 11 is 0. The highest BCUT2D eigenvalue weighted by Crippen LogP contribution is 2.37. The van der Waals surface area contributed by atoms with E-state index < -0.39 is 8.32 Å². The zero-order valence-corrected chi connectivity index (χ0v) is 17.5. The van der Waals surface area contributed by atoms with Crippen molar-refractivity contribution in [1.29, 1.82) is 0 Å². The van der Waals surface area contributed by atoms with E-state index in [1.165, 1.54) is 10.4 Å². The van der Waals surface area contributed by atoms with Crippen LogP contribution in [0, 0.1) is 5.92 Å². The van der Waals surface area contributed by atoms with Gasteiger partial charge in [-0.05, 0) is 33.8 Å². The first-order valence-electron chi connectivity index (χ1n) is 9.20. The molecule has 0 unspecified atom stereocenters. The third-order valence-corrected chi connectivity index (χ3v) is 9.72. The lowest BCUT2D eigenvalue weighted by Crippen LogP contribution is -2.66. The first kappa shape index (κ1) is 20.3. The lowest BCUT2D eigenvalue weighted by Gasteiger charge is -2.43. The van der Waals surface area contributed by atoms with Gasteiger partial charge in [0.1, 0.15) is 6.29 Å². The standard InChI is InChI=1S/C23H30O2Si/c1-19(17-24)16-20(2)18-25-26(23(3,4)5,21-12-8-6-9-13-21)22-14-10-7-11-15-22/h6-17,20H,18H2,1-5H3/b19-16+/t20-/m0/s1. The molecule has 2 aromatic carbocycles. The van der Waals surface area contributed by atoms with Gasteiger partial charge < -0.3 is 4.43 Å². The maximum absolute atomic E-state index is 10.9. The normalized spacial score (nSPS) is 14.1. The highest BCUT2D eigenvalue weighted by atomic mass is 28.4. The summed E-state index contributed by atoms with van der Waals surface area (Å²) in [6.45, 7) is 11.4. The summed E-state index contributed by atoms with van der Waals surface area (Å²) in [4.78, 5) is 10.9. The van der Waals surface area contributed by atoms with Gasteiger partial charge in [0.15, 0.2) is 0 Å². The van der Waals surface area contributed by atoms with Crippen molar-refractivity contribution in [2.45, 2.75) is 39.7 Å². The van der Waals surface area contributed by atoms with Crippen LogP contribution in [0.1, 0.15) is 34.6 Å². The van der Waals surface area contributed by atoms with Crippen molar-refractivity contribution in [3.63, 3.8) is 0 Å². The average molecular weight is 367 g/mol. The summed E-state index contributed by atoms with van der Waals surface area (Å²) in [7, 11) is -2.49. The van der Waals surface area contributed by atoms with Gasteiger partial charge in [0.25, 0.3) is 8.32 Å². The zero-order chi connectivity index (χ0) is 19.2. The van der Waals surface area contributed by atoms with Crippen molar-refractivity contribution >= 4 is 25.0 Å². The topological polar surface area (TPSA) is 26.3 Å². The number of hydrogen-bond acceptors (Lipinski definition) is 2. The zero-order valence-electron chi connectivity index (χ0n) is 16.5. The second kappa shape index (κ2) is 8.61. The number of carbonyl (C=O) groups excluding carboxylic acids is 1. The number of benzene rings is 2. The van der Waals surface area contributed by atoms with E-state index in [4.69, 9.17) is 4.43 Å². The Labute approximate surface area is 159 Å². The van der Waals surface area contributed by atoms with Crippen LogP contribution < -0.4 is 10.4 Å². The van der Waals surface area contributed by atoms with E-state index in [2.05, 4.69) is 88.4 Å². The van der Waals surface area contributed by atoms with Crippen LogP contribution in [0.2, 0.25) is 5.04 Å². The molecule has 0 N–H and O–H groups in total. The largest absolute Gasteiger partial charge is 0.407 e. The molecule has 0 radical (unpaired) electrons. The maximum Gasteiger partial charge on any atom is 0.261 e. The summed E-state index contributed by atoms with van der Waals surface area (Å²) in [6.07, 6.45) is 2.89. The van der Waals surface area contributed by atoms with Gasteiger partial charge in [-0.25, -0.2) is 0 Å². The summed E-state index contributed by atoms with van der Waals surface area (Å²) in [5.74, 6) is 0.182. The van der Waals surface area contributed by atoms with Gasteiger partial charge in [-0.2, -0.15) is 0 Å². The number of carbonyl (C=O) groups is 1. The van der Waals surface area contributed by atoms with E-state index >= 15 is 0 Å². The van der Waals surface area contributed by atoms with Crippen LogP contribution in [0.3, 0.4) is 0 Å². The lowest BCUT2D eigenvalue weighted by atomic mass is 10.1. The van der Waals surface area contributed by atoms with Gasteiger partial charge in [0.2, 0.25) is 0 Å². The summed E-state index contributed by atoms with van der Waals surface area (Å²) < 4.78 is 6.85. The molecule has 3 heteroatoms. The van der Waals surface area contributed by atoms with Crippen molar-refractivity contribution in [3.8, 4) is 0 Å². The molecule has 0 aliphatic heterocycles. The first-order chi connectivity index (χ1) is 12.3. The van der Waals surface area contributed by atoms with Crippen LogP contribution in [0.25, 0.3) is 0 Å². The number of aldehydes is 1. The molecule has 0 spiro atoms. The summed E-state index contributed by atoms with van der Waals surface area (Å²) in [5.41, 5.74) is 0.753. The van der Waals surface area contributed by atoms with Gasteiger partial charge in [-0.15, -0.1) is 0 Å². The van der Waals surface area contributed by atoms with Crippen LogP contribution in [0.5, 0.6) is 0 Å². The second-order valence-electron chi connectivity index (χ2n) is 7.98. The molecule has 0 saturated heterocycles. The van der Waals surface area contributed by atoms with Gasteiger partial charge in [0.05, 0.1) is 0 Å². The smallest absolute Gasteiger partial charge is 0.261 e. The molecule has 2 aromatic rings. The third-order valence-electron chi connectivity index (χ3n) is 4.71. The third kappa shape index (κ3) is 4.40. The van der Waals surface area contributed by atoms with Crippen molar-refractivity contribution in [3.05, 3.63) is 72.3 Å². The molecule has 0 aliphatic carbocycles. The van der Waals surface area contributed by atoms with Crippen molar-refractivity contribution in [2.24, 2.45) is 5.92 Å². The van der Waals surface area contributed by atoms with Gasteiger partial charge >= 0.3 is 0 Å². The monoisotopic (exact) mass is 366 g/mol. The molecule has 1 atom stereocenters. The molecule has 0 saturated carbocycles. The number of allylic oxidation sites excluding steroid dienone is 1. The van der Waals surface area contributed by atoms with Crippen LogP contribution >= 0.6 is 0 Å². The predicted molar refractivity (Wildman–Crippen MR) is 113 cm³/mol. The maximum atomic E-state index is 10.9. The van der Waals surface area contributed by atoms with Crippen molar-refractivity contribution in [1.82, 2.24) is 0 Å². The molecular formula is C23H30O2Si. The van der Waals surface area contributed by atoms with Gasteiger partial charge in [-0.3, -0.25) is 4.79 Å². The van der Waals surface area contributed by atoms with E-state index in [9.17, 15) is 4.79 Å². The second-order valence-corrected chi connectivity index (χ2v) is 12.3. The van der Waals surface area contributed by atoms with Crippen LogP contribution in [-0.4, -0.2) is 21.2 Å². The first-order valence-corrected chi connectivity index (χ1v) is 11.1. The van der Waals surface area contributed by atoms with Gasteiger partial charge in [0, 0.05) is 6.61 Å². The van der Waals surface area contributed by atoms with E-state index in [1.807, 2.05) is 13.0 Å². The SMILES string of the molecule is C/C(C=O)=C\[C@H](C)CO[Si](c1ccccc1)(c1ccccc1)C(C)(C)C. The Morgan fingerprint density at radius 3 is 1.85 bits per heavy atom. The molecule has 0 aromatic heterocycles. The molecule has 2 nitrogen and oxygen atoms in total. The molecule has 0 fully saturated rings. The predicted octanol–water partition coefficient (Wildman–Crippen LogP) is 4.34. The lowest BCUT2D eigenvalue weighted by molar-refractivity contribution is -0.104. The minimum atomic E-state index is -2.49. The van der Waals surface area contributed by atoms with Crippen LogP contribution in [0.4, 0.5) is 0 Å². The number of hydrogen-bond donors (Lipinski definition) is 0. The van der Waals surface area contributed by atoms with E-state index in [-0.39, 0.29) is 11.0 Å². The van der Waals surface area contributed by atoms with Crippen molar-refractivity contribution < 1.29 is 9.22 Å². The molecule has 2 rings (SSSR count). The van der Waals surface area contributed by atoms with Crippen LogP contribution in [-0.2, 0) is 9.22 Å². The Hall–Kier alpha value is -1.97. The quantitative estimate of drug-likeness (QED) is 0.414. The van der Waals surface area contributed by atoms with E-state index in [1.54, 1.807) is 0 Å². The number of rotatable bonds is 7. The Kier molecular flexibility index (Phi) is 6.73. The molecule has 0 aliphatic rings. The van der Waals surface area contributed by atoms with E-state index in [0.29, 0.717) is 6.61 Å². The molecule has 26 heavy (non-hydrogen) atoms. The molecule has 0 amide bonds. The Morgan fingerprint density at radius 1 is 1.00 bits per heavy atom. The Balaban J connectivity index is 2.52. The Morgan fingerprint density at radius 2 is 1.46 bits per heavy atom. The molecular weight excluding hydrogens is 336 g/mol. The average Bonchev–Trinajstić information content (AvgIpc) is 2.62. The van der Waals surface area contributed by atoms with E-state index in [0.717, 1.165) is 11.9 Å². The Bertz CT molecular complexity index is 690. The van der Waals surface area contributed by atoms with Crippen LogP contribution in [0.15, 0.2) is 72.3 Å². The summed E-state index contributed by atoms with van der Waals surface area (Å²) in [6, 6.07) is 21.3. The fraction of sp³-hybridized carbons (Fsp3) is 0.348. The fourth-order valence-electron chi connectivity index (χ4n) is 3.55. The fourth-order valence-corrected chi connectivity index (χ4v) is 8.22. The molecule has 0 heterocycles. The van der Waals surface area contributed by atoms with Gasteiger partial charge in [-0.1, -0.05) is 94.4 Å².